The summed E-state index contributed by atoms with van der Waals surface area (Å²) in [6, 6.07) is 0.640. The van der Waals surface area contributed by atoms with Crippen molar-refractivity contribution in [3.8, 4) is 0 Å². The van der Waals surface area contributed by atoms with Crippen molar-refractivity contribution in [2.24, 2.45) is 5.92 Å². The van der Waals surface area contributed by atoms with Crippen molar-refractivity contribution in [2.75, 3.05) is 12.8 Å². The monoisotopic (exact) mass is 160 g/mol. The fraction of sp³-hybridized carbons (Fsp3) is 1.00. The van der Waals surface area contributed by atoms with E-state index in [1.54, 1.807) is 11.9 Å². The van der Waals surface area contributed by atoms with E-state index in [9.17, 15) is 0 Å². The second kappa shape index (κ2) is 3.60. The van der Waals surface area contributed by atoms with Crippen molar-refractivity contribution >= 4 is 11.9 Å². The molecule has 3 heteroatoms. The molecule has 0 saturated carbocycles. The Morgan fingerprint density at radius 1 is 1.50 bits per heavy atom. The SMILES string of the molecule is CSN1CCC(C)C(C)N1. The highest BCUT2D eigenvalue weighted by atomic mass is 32.2. The first-order valence-electron chi connectivity index (χ1n) is 3.82. The maximum absolute atomic E-state index is 3.41. The van der Waals surface area contributed by atoms with Gasteiger partial charge in [-0.25, -0.2) is 5.43 Å². The zero-order valence-electron chi connectivity index (χ0n) is 6.92. The summed E-state index contributed by atoms with van der Waals surface area (Å²) >= 11 is 1.77. The quantitative estimate of drug-likeness (QED) is 0.585. The maximum Gasteiger partial charge on any atom is 0.0248 e. The molecule has 0 spiro atoms. The van der Waals surface area contributed by atoms with Crippen LogP contribution in [0.3, 0.4) is 0 Å². The molecule has 1 rings (SSSR count). The third-order valence-electron chi connectivity index (χ3n) is 2.21. The highest BCUT2D eigenvalue weighted by Crippen LogP contribution is 2.17. The van der Waals surface area contributed by atoms with Gasteiger partial charge in [-0.05, 0) is 25.5 Å². The number of nitrogens with zero attached hydrogens (tertiary/aromatic N) is 1. The number of nitrogens with one attached hydrogen (secondary N) is 1. The molecule has 2 nitrogen and oxygen atoms in total. The van der Waals surface area contributed by atoms with Gasteiger partial charge in [0.2, 0.25) is 0 Å². The second-order valence-electron chi connectivity index (χ2n) is 2.97. The predicted molar refractivity (Wildman–Crippen MR) is 46.6 cm³/mol. The van der Waals surface area contributed by atoms with Crippen molar-refractivity contribution in [1.29, 1.82) is 0 Å². The molecule has 1 saturated heterocycles. The van der Waals surface area contributed by atoms with Gasteiger partial charge in [-0.1, -0.05) is 18.9 Å². The molecule has 10 heavy (non-hydrogen) atoms. The lowest BCUT2D eigenvalue weighted by Gasteiger charge is -2.34. The summed E-state index contributed by atoms with van der Waals surface area (Å²) < 4.78 is 2.21. The van der Waals surface area contributed by atoms with Crippen LogP contribution < -0.4 is 5.43 Å². The first-order valence-corrected chi connectivity index (χ1v) is 5.00. The molecular formula is C7H16N2S. The minimum Gasteiger partial charge on any atom is -0.242 e. The van der Waals surface area contributed by atoms with Crippen LogP contribution in [-0.4, -0.2) is 23.3 Å². The van der Waals surface area contributed by atoms with Gasteiger partial charge in [0.05, 0.1) is 0 Å². The second-order valence-corrected chi connectivity index (χ2v) is 3.77. The predicted octanol–water partition coefficient (Wildman–Crippen LogP) is 1.50. The lowest BCUT2D eigenvalue weighted by atomic mass is 9.99. The van der Waals surface area contributed by atoms with E-state index < -0.39 is 0 Å². The van der Waals surface area contributed by atoms with Crippen molar-refractivity contribution < 1.29 is 0 Å². The Morgan fingerprint density at radius 2 is 2.20 bits per heavy atom. The van der Waals surface area contributed by atoms with E-state index in [1.807, 2.05) is 0 Å². The molecule has 1 heterocycles. The van der Waals surface area contributed by atoms with Crippen LogP contribution in [0.5, 0.6) is 0 Å². The van der Waals surface area contributed by atoms with E-state index >= 15 is 0 Å². The Bertz CT molecular complexity index is 108. The molecule has 60 valence electrons. The summed E-state index contributed by atoms with van der Waals surface area (Å²) in [5.41, 5.74) is 3.41. The molecule has 0 aliphatic carbocycles. The van der Waals surface area contributed by atoms with Crippen molar-refractivity contribution in [1.82, 2.24) is 9.84 Å². The van der Waals surface area contributed by atoms with Gasteiger partial charge >= 0.3 is 0 Å². The van der Waals surface area contributed by atoms with Crippen LogP contribution in [0.1, 0.15) is 20.3 Å². The number of hydrogen-bond acceptors (Lipinski definition) is 3. The average molecular weight is 160 g/mol. The van der Waals surface area contributed by atoms with Gasteiger partial charge in [-0.15, -0.1) is 0 Å². The highest BCUT2D eigenvalue weighted by molar-refractivity contribution is 7.96. The summed E-state index contributed by atoms with van der Waals surface area (Å²) in [6.45, 7) is 5.72. The van der Waals surface area contributed by atoms with E-state index in [2.05, 4.69) is 29.9 Å². The third kappa shape index (κ3) is 1.87. The summed E-state index contributed by atoms with van der Waals surface area (Å²) in [5, 5.41) is 0. The van der Waals surface area contributed by atoms with E-state index in [-0.39, 0.29) is 0 Å². The van der Waals surface area contributed by atoms with Gasteiger partial charge in [0.15, 0.2) is 0 Å². The van der Waals surface area contributed by atoms with Gasteiger partial charge in [0.1, 0.15) is 0 Å². The fourth-order valence-electron chi connectivity index (χ4n) is 1.13. The molecule has 1 N–H and O–H groups in total. The van der Waals surface area contributed by atoms with Crippen LogP contribution in [0.2, 0.25) is 0 Å². The number of hydrazine groups is 1. The minimum atomic E-state index is 0.640. The first kappa shape index (κ1) is 8.37. The Hall–Kier alpha value is 0.270. The smallest absolute Gasteiger partial charge is 0.0248 e. The van der Waals surface area contributed by atoms with Crippen LogP contribution in [0, 0.1) is 5.92 Å². The van der Waals surface area contributed by atoms with Crippen LogP contribution in [0.25, 0.3) is 0 Å². The van der Waals surface area contributed by atoms with E-state index in [0.717, 1.165) is 5.92 Å². The zero-order chi connectivity index (χ0) is 7.56. The Kier molecular flexibility index (Phi) is 3.01. The minimum absolute atomic E-state index is 0.640. The Morgan fingerprint density at radius 3 is 2.70 bits per heavy atom. The topological polar surface area (TPSA) is 15.3 Å². The van der Waals surface area contributed by atoms with Crippen molar-refractivity contribution in [2.45, 2.75) is 26.3 Å². The van der Waals surface area contributed by atoms with Crippen LogP contribution >= 0.6 is 11.9 Å². The fourth-order valence-corrected chi connectivity index (χ4v) is 1.69. The van der Waals surface area contributed by atoms with Crippen molar-refractivity contribution in [3.63, 3.8) is 0 Å². The molecule has 1 aliphatic heterocycles. The summed E-state index contributed by atoms with van der Waals surface area (Å²) in [4.78, 5) is 0. The molecule has 0 bridgehead atoms. The van der Waals surface area contributed by atoms with Crippen LogP contribution in [0.15, 0.2) is 0 Å². The molecule has 0 aromatic carbocycles. The Labute approximate surface area is 67.5 Å². The molecule has 1 fully saturated rings. The van der Waals surface area contributed by atoms with Gasteiger partial charge in [-0.2, -0.15) is 4.41 Å². The van der Waals surface area contributed by atoms with Crippen molar-refractivity contribution in [3.05, 3.63) is 0 Å². The first-order chi connectivity index (χ1) is 4.74. The van der Waals surface area contributed by atoms with Gasteiger partial charge < -0.3 is 0 Å². The van der Waals surface area contributed by atoms with E-state index in [0.29, 0.717) is 6.04 Å². The molecule has 0 aromatic heterocycles. The lowest BCUT2D eigenvalue weighted by Crippen LogP contribution is -2.48. The third-order valence-corrected chi connectivity index (χ3v) is 2.94. The van der Waals surface area contributed by atoms with Gasteiger partial charge in [0.25, 0.3) is 0 Å². The van der Waals surface area contributed by atoms with Crippen LogP contribution in [0.4, 0.5) is 0 Å². The average Bonchev–Trinajstić information content (AvgIpc) is 1.95. The molecule has 0 radical (unpaired) electrons. The molecule has 2 atom stereocenters. The van der Waals surface area contributed by atoms with E-state index in [1.165, 1.54) is 13.0 Å². The standard InChI is InChI=1S/C7H16N2S/c1-6-4-5-9(10-3)8-7(6)2/h6-8H,4-5H2,1-3H3. The molecule has 0 aromatic rings. The Balaban J connectivity index is 2.33. The lowest BCUT2D eigenvalue weighted by molar-refractivity contribution is 0.185. The summed E-state index contributed by atoms with van der Waals surface area (Å²) in [6.07, 6.45) is 3.42. The van der Waals surface area contributed by atoms with Gasteiger partial charge in [0, 0.05) is 12.6 Å². The largest absolute Gasteiger partial charge is 0.242 e. The number of rotatable bonds is 1. The number of hydrogen-bond donors (Lipinski definition) is 1. The van der Waals surface area contributed by atoms with E-state index in [4.69, 9.17) is 0 Å². The normalized spacial score (nSPS) is 36.3. The summed E-state index contributed by atoms with van der Waals surface area (Å²) in [7, 11) is 0. The molecule has 1 aliphatic rings. The highest BCUT2D eigenvalue weighted by Gasteiger charge is 2.20. The molecular weight excluding hydrogens is 144 g/mol. The van der Waals surface area contributed by atoms with Crippen LogP contribution in [-0.2, 0) is 0 Å². The zero-order valence-corrected chi connectivity index (χ0v) is 7.74. The maximum atomic E-state index is 3.41. The molecule has 2 unspecified atom stereocenters. The summed E-state index contributed by atoms with van der Waals surface area (Å²) in [5.74, 6) is 0.823. The molecule has 0 amide bonds. The van der Waals surface area contributed by atoms with Gasteiger partial charge in [-0.3, -0.25) is 0 Å².